The molecule has 33 heavy (non-hydrogen) atoms. The first-order valence-corrected chi connectivity index (χ1v) is 10.8. The highest BCUT2D eigenvalue weighted by Crippen LogP contribution is 2.27. The van der Waals surface area contributed by atoms with Crippen LogP contribution in [-0.4, -0.2) is 81.1 Å². The molecule has 3 atom stereocenters. The second-order valence-corrected chi connectivity index (χ2v) is 7.84. The zero-order valence-electron chi connectivity index (χ0n) is 19.3. The van der Waals surface area contributed by atoms with Gasteiger partial charge >= 0.3 is 17.9 Å². The van der Waals surface area contributed by atoms with Crippen LogP contribution in [0.15, 0.2) is 36.1 Å². The molecule has 2 aliphatic heterocycles. The summed E-state index contributed by atoms with van der Waals surface area (Å²) in [6.07, 6.45) is -1.64. The van der Waals surface area contributed by atoms with Gasteiger partial charge in [0.05, 0.1) is 13.7 Å². The average molecular weight is 462 g/mol. The molecule has 2 aliphatic rings. The Bertz CT molecular complexity index is 894. The van der Waals surface area contributed by atoms with Gasteiger partial charge in [-0.25, -0.2) is 0 Å². The molecule has 0 aromatic heterocycles. The molecule has 180 valence electrons. The van der Waals surface area contributed by atoms with Gasteiger partial charge in [-0.1, -0.05) is 6.07 Å². The monoisotopic (exact) mass is 462 g/mol. The number of carbonyl (C=O) groups is 3. The van der Waals surface area contributed by atoms with Crippen molar-refractivity contribution in [1.82, 2.24) is 4.90 Å². The molecular weight excluding hydrogens is 432 g/mol. The Morgan fingerprint density at radius 3 is 2.24 bits per heavy atom. The summed E-state index contributed by atoms with van der Waals surface area (Å²) in [7, 11) is 1.65. The Labute approximate surface area is 193 Å². The van der Waals surface area contributed by atoms with Crippen molar-refractivity contribution < 1.29 is 38.1 Å². The van der Waals surface area contributed by atoms with Gasteiger partial charge in [-0.15, -0.1) is 0 Å². The lowest BCUT2D eigenvalue weighted by molar-refractivity contribution is -0.222. The summed E-state index contributed by atoms with van der Waals surface area (Å²) in [5.74, 6) is -0.477. The summed E-state index contributed by atoms with van der Waals surface area (Å²) in [6.45, 7) is 7.26. The highest BCUT2D eigenvalue weighted by atomic mass is 16.7. The molecule has 0 amide bonds. The molecule has 0 N–H and O–H groups in total. The van der Waals surface area contributed by atoms with Crippen molar-refractivity contribution in [3.63, 3.8) is 0 Å². The van der Waals surface area contributed by atoms with Crippen LogP contribution in [0.25, 0.3) is 0 Å². The number of rotatable bonds is 7. The summed E-state index contributed by atoms with van der Waals surface area (Å²) < 4.78 is 27.0. The van der Waals surface area contributed by atoms with Crippen LogP contribution >= 0.6 is 0 Å². The van der Waals surface area contributed by atoms with E-state index in [2.05, 4.69) is 9.80 Å². The summed E-state index contributed by atoms with van der Waals surface area (Å²) in [6, 6.07) is 7.93. The number of piperazine rings is 1. The van der Waals surface area contributed by atoms with Crippen molar-refractivity contribution in [1.29, 1.82) is 0 Å². The Morgan fingerprint density at radius 2 is 1.64 bits per heavy atom. The maximum atomic E-state index is 11.6. The van der Waals surface area contributed by atoms with Gasteiger partial charge in [0.25, 0.3) is 6.29 Å². The van der Waals surface area contributed by atoms with Gasteiger partial charge < -0.3 is 28.6 Å². The number of benzene rings is 1. The number of nitrogens with zero attached hydrogens (tertiary/aromatic N) is 2. The highest BCUT2D eigenvalue weighted by Gasteiger charge is 2.42. The van der Waals surface area contributed by atoms with Crippen LogP contribution < -0.4 is 9.64 Å². The minimum atomic E-state index is -1.21. The number of anilines is 1. The number of hydrogen-bond donors (Lipinski definition) is 0. The van der Waals surface area contributed by atoms with Crippen molar-refractivity contribution in [3.8, 4) is 5.75 Å². The third-order valence-electron chi connectivity index (χ3n) is 5.27. The lowest BCUT2D eigenvalue weighted by Crippen LogP contribution is -2.51. The SMILES string of the molecule is COc1cccc(N2CCN(CC3=C[C@H](OC(C)=O)[C@@H](OC(C)=O)[C@H](OC(C)=O)O3)CC2)c1. The largest absolute Gasteiger partial charge is 0.497 e. The lowest BCUT2D eigenvalue weighted by Gasteiger charge is -2.39. The summed E-state index contributed by atoms with van der Waals surface area (Å²) in [4.78, 5) is 39.2. The Morgan fingerprint density at radius 1 is 0.970 bits per heavy atom. The van der Waals surface area contributed by atoms with Crippen LogP contribution in [-0.2, 0) is 33.3 Å². The lowest BCUT2D eigenvalue weighted by atomic mass is 10.1. The van der Waals surface area contributed by atoms with E-state index in [9.17, 15) is 14.4 Å². The minimum absolute atomic E-state index is 0.425. The number of esters is 3. The predicted octanol–water partition coefficient (Wildman–Crippen LogP) is 1.48. The van der Waals surface area contributed by atoms with Crippen LogP contribution in [0.3, 0.4) is 0 Å². The first kappa shape index (κ1) is 24.4. The Hall–Kier alpha value is -3.27. The third kappa shape index (κ3) is 6.85. The fourth-order valence-electron chi connectivity index (χ4n) is 3.83. The Kier molecular flexibility index (Phi) is 8.16. The quantitative estimate of drug-likeness (QED) is 0.437. The van der Waals surface area contributed by atoms with E-state index in [1.807, 2.05) is 24.3 Å². The van der Waals surface area contributed by atoms with E-state index in [0.717, 1.165) is 37.6 Å². The van der Waals surface area contributed by atoms with Gasteiger partial charge in [-0.05, 0) is 18.2 Å². The first-order chi connectivity index (χ1) is 15.7. The van der Waals surface area contributed by atoms with Gasteiger partial charge in [-0.2, -0.15) is 0 Å². The first-order valence-electron chi connectivity index (χ1n) is 10.8. The molecule has 3 rings (SSSR count). The molecule has 0 unspecified atom stereocenters. The van der Waals surface area contributed by atoms with E-state index in [-0.39, 0.29) is 0 Å². The molecule has 1 saturated heterocycles. The van der Waals surface area contributed by atoms with Crippen LogP contribution in [0, 0.1) is 0 Å². The van der Waals surface area contributed by atoms with Crippen molar-refractivity contribution >= 4 is 23.6 Å². The van der Waals surface area contributed by atoms with Gasteiger partial charge in [0, 0.05) is 58.7 Å². The molecule has 0 saturated carbocycles. The summed E-state index contributed by atoms with van der Waals surface area (Å²) in [5.41, 5.74) is 1.09. The van der Waals surface area contributed by atoms with E-state index in [0.29, 0.717) is 12.3 Å². The van der Waals surface area contributed by atoms with Crippen LogP contribution in [0.1, 0.15) is 20.8 Å². The van der Waals surface area contributed by atoms with Gasteiger partial charge in [0.15, 0.2) is 6.10 Å². The molecule has 0 bridgehead atoms. The molecule has 2 heterocycles. The van der Waals surface area contributed by atoms with E-state index in [1.54, 1.807) is 13.2 Å². The third-order valence-corrected chi connectivity index (χ3v) is 5.27. The molecule has 10 nitrogen and oxygen atoms in total. The van der Waals surface area contributed by atoms with Crippen LogP contribution in [0.5, 0.6) is 5.75 Å². The Balaban J connectivity index is 1.68. The minimum Gasteiger partial charge on any atom is -0.497 e. The zero-order chi connectivity index (χ0) is 24.0. The second kappa shape index (κ2) is 11.0. The predicted molar refractivity (Wildman–Crippen MR) is 117 cm³/mol. The summed E-state index contributed by atoms with van der Waals surface area (Å²) >= 11 is 0. The second-order valence-electron chi connectivity index (χ2n) is 7.84. The number of carbonyl (C=O) groups excluding carboxylic acids is 3. The smallest absolute Gasteiger partial charge is 0.305 e. The van der Waals surface area contributed by atoms with Crippen LogP contribution in [0.4, 0.5) is 5.69 Å². The fourth-order valence-corrected chi connectivity index (χ4v) is 3.83. The molecule has 1 aromatic rings. The molecule has 0 radical (unpaired) electrons. The maximum absolute atomic E-state index is 11.6. The fraction of sp³-hybridized carbons (Fsp3) is 0.522. The van der Waals surface area contributed by atoms with E-state index >= 15 is 0 Å². The standard InChI is InChI=1S/C23H30N2O8/c1-15(26)30-21-13-20(33-23(32-17(3)28)22(21)31-16(2)27)14-24-8-10-25(11-9-24)18-6-5-7-19(12-18)29-4/h5-7,12-13,21-23H,8-11,14H2,1-4H3/t21-,22+,23+/m0/s1. The molecule has 1 fully saturated rings. The van der Waals surface area contributed by atoms with Crippen LogP contribution in [0.2, 0.25) is 0 Å². The molecular formula is C23H30N2O8. The topological polar surface area (TPSA) is 104 Å². The van der Waals surface area contributed by atoms with E-state index < -0.39 is 36.4 Å². The van der Waals surface area contributed by atoms with Gasteiger partial charge in [0.2, 0.25) is 6.10 Å². The maximum Gasteiger partial charge on any atom is 0.305 e. The molecule has 0 aliphatic carbocycles. The van der Waals surface area contributed by atoms with Crippen molar-refractivity contribution in [3.05, 3.63) is 36.1 Å². The molecule has 0 spiro atoms. The number of ether oxygens (including phenoxy) is 5. The van der Waals surface area contributed by atoms with E-state index in [1.165, 1.54) is 20.8 Å². The van der Waals surface area contributed by atoms with Gasteiger partial charge in [-0.3, -0.25) is 19.3 Å². The normalized spacial score (nSPS) is 23.1. The number of methoxy groups -OCH3 is 1. The number of hydrogen-bond acceptors (Lipinski definition) is 10. The van der Waals surface area contributed by atoms with Crippen molar-refractivity contribution in [2.45, 2.75) is 39.3 Å². The van der Waals surface area contributed by atoms with Crippen molar-refractivity contribution in [2.75, 3.05) is 44.7 Å². The summed E-state index contributed by atoms with van der Waals surface area (Å²) in [5, 5.41) is 0. The zero-order valence-corrected chi connectivity index (χ0v) is 19.3. The molecule has 1 aromatic carbocycles. The average Bonchev–Trinajstić information content (AvgIpc) is 2.75. The van der Waals surface area contributed by atoms with Crippen molar-refractivity contribution in [2.24, 2.45) is 0 Å². The molecule has 10 heteroatoms. The van der Waals surface area contributed by atoms with Gasteiger partial charge in [0.1, 0.15) is 11.5 Å². The highest BCUT2D eigenvalue weighted by molar-refractivity contribution is 5.68. The van der Waals surface area contributed by atoms with E-state index in [4.69, 9.17) is 23.7 Å².